The van der Waals surface area contributed by atoms with E-state index in [-0.39, 0.29) is 5.91 Å². The van der Waals surface area contributed by atoms with Crippen molar-refractivity contribution in [2.24, 2.45) is 5.92 Å². The summed E-state index contributed by atoms with van der Waals surface area (Å²) in [4.78, 5) is 13.2. The maximum absolute atomic E-state index is 10.9. The largest absolute Gasteiger partial charge is 0.352 e. The number of carbonyl (C=O) groups excluding carboxylic acids is 1. The van der Waals surface area contributed by atoms with Gasteiger partial charge in [-0.15, -0.1) is 0 Å². The topological polar surface area (TPSA) is 32.3 Å². The molecule has 2 aliphatic rings. The summed E-state index contributed by atoms with van der Waals surface area (Å²) in [6.07, 6.45) is 2.47. The first-order valence-corrected chi connectivity index (χ1v) is 4.64. The van der Waals surface area contributed by atoms with Crippen molar-refractivity contribution < 1.29 is 4.79 Å². The second-order valence-electron chi connectivity index (χ2n) is 4.15. The Morgan fingerprint density at radius 3 is 2.75 bits per heavy atom. The number of carbonyl (C=O) groups is 1. The smallest absolute Gasteiger partial charge is 0.217 e. The van der Waals surface area contributed by atoms with Crippen LogP contribution < -0.4 is 5.32 Å². The van der Waals surface area contributed by atoms with E-state index >= 15 is 0 Å². The fourth-order valence-electron chi connectivity index (χ4n) is 2.71. The number of hydrogen-bond acceptors (Lipinski definition) is 2. The van der Waals surface area contributed by atoms with Crippen LogP contribution in [0.1, 0.15) is 19.8 Å². The molecule has 3 atom stereocenters. The molecule has 0 aromatic heterocycles. The zero-order chi connectivity index (χ0) is 8.72. The van der Waals surface area contributed by atoms with E-state index in [1.54, 1.807) is 6.92 Å². The van der Waals surface area contributed by atoms with E-state index in [4.69, 9.17) is 0 Å². The second-order valence-corrected chi connectivity index (χ2v) is 4.15. The first-order chi connectivity index (χ1) is 5.66. The van der Waals surface area contributed by atoms with E-state index in [2.05, 4.69) is 17.3 Å². The minimum atomic E-state index is 0.112. The van der Waals surface area contributed by atoms with E-state index in [1.807, 2.05) is 0 Å². The van der Waals surface area contributed by atoms with Crippen LogP contribution in [0.4, 0.5) is 0 Å². The molecular formula is C9H16N2O. The molecule has 12 heavy (non-hydrogen) atoms. The Balaban J connectivity index is 1.98. The molecule has 0 aromatic carbocycles. The number of likely N-dealkylation sites (N-methyl/N-ethyl adjacent to an activating group) is 1. The number of likely N-dealkylation sites (tertiary alicyclic amines) is 1. The van der Waals surface area contributed by atoms with E-state index in [0.29, 0.717) is 12.1 Å². The molecule has 1 aliphatic heterocycles. The van der Waals surface area contributed by atoms with Crippen LogP contribution in [0.3, 0.4) is 0 Å². The number of piperidine rings is 1. The molecule has 1 aliphatic carbocycles. The number of fused-ring (bicyclic) bond motifs is 2. The van der Waals surface area contributed by atoms with Gasteiger partial charge in [0.05, 0.1) is 0 Å². The van der Waals surface area contributed by atoms with Gasteiger partial charge in [-0.25, -0.2) is 0 Å². The van der Waals surface area contributed by atoms with Crippen LogP contribution in [-0.4, -0.2) is 36.5 Å². The van der Waals surface area contributed by atoms with Gasteiger partial charge in [0.1, 0.15) is 0 Å². The van der Waals surface area contributed by atoms with E-state index in [9.17, 15) is 4.79 Å². The van der Waals surface area contributed by atoms with Crippen LogP contribution in [-0.2, 0) is 4.79 Å². The summed E-state index contributed by atoms with van der Waals surface area (Å²) in [6.45, 7) is 2.83. The maximum atomic E-state index is 10.9. The van der Waals surface area contributed by atoms with Gasteiger partial charge in [0.15, 0.2) is 0 Å². The van der Waals surface area contributed by atoms with Gasteiger partial charge < -0.3 is 10.2 Å². The minimum absolute atomic E-state index is 0.112. The summed E-state index contributed by atoms with van der Waals surface area (Å²) >= 11 is 0. The predicted molar refractivity (Wildman–Crippen MR) is 46.7 cm³/mol. The van der Waals surface area contributed by atoms with Gasteiger partial charge in [-0.2, -0.15) is 0 Å². The van der Waals surface area contributed by atoms with Gasteiger partial charge in [-0.3, -0.25) is 4.79 Å². The highest BCUT2D eigenvalue weighted by Gasteiger charge is 2.43. The summed E-state index contributed by atoms with van der Waals surface area (Å²) in [5.41, 5.74) is 0. The second kappa shape index (κ2) is 2.73. The molecule has 0 radical (unpaired) electrons. The van der Waals surface area contributed by atoms with Crippen molar-refractivity contribution in [3.63, 3.8) is 0 Å². The molecule has 1 heterocycles. The van der Waals surface area contributed by atoms with Gasteiger partial charge >= 0.3 is 0 Å². The van der Waals surface area contributed by atoms with Crippen LogP contribution in [0.5, 0.6) is 0 Å². The number of amides is 1. The highest BCUT2D eigenvalue weighted by atomic mass is 16.1. The van der Waals surface area contributed by atoms with E-state index in [0.717, 1.165) is 5.92 Å². The van der Waals surface area contributed by atoms with Crippen molar-refractivity contribution in [2.45, 2.75) is 31.8 Å². The molecule has 2 rings (SSSR count). The minimum Gasteiger partial charge on any atom is -0.352 e. The molecule has 3 heteroatoms. The molecule has 0 spiro atoms. The number of nitrogens with one attached hydrogen (secondary N) is 1. The van der Waals surface area contributed by atoms with Gasteiger partial charge in [0, 0.05) is 25.6 Å². The van der Waals surface area contributed by atoms with E-state index < -0.39 is 0 Å². The van der Waals surface area contributed by atoms with Crippen molar-refractivity contribution in [3.8, 4) is 0 Å². The van der Waals surface area contributed by atoms with Crippen LogP contribution in [0.15, 0.2) is 0 Å². The quantitative estimate of drug-likeness (QED) is 0.607. The zero-order valence-electron chi connectivity index (χ0n) is 7.71. The van der Waals surface area contributed by atoms with Gasteiger partial charge in [-0.1, -0.05) is 0 Å². The molecule has 68 valence electrons. The lowest BCUT2D eigenvalue weighted by Gasteiger charge is -2.30. The molecule has 1 saturated carbocycles. The zero-order valence-corrected chi connectivity index (χ0v) is 7.71. The van der Waals surface area contributed by atoms with E-state index in [1.165, 1.54) is 19.4 Å². The fraction of sp³-hybridized carbons (Fsp3) is 0.889. The van der Waals surface area contributed by atoms with Gasteiger partial charge in [-0.05, 0) is 25.8 Å². The lowest BCUT2D eigenvalue weighted by Crippen LogP contribution is -2.47. The van der Waals surface area contributed by atoms with Gasteiger partial charge in [0.2, 0.25) is 5.91 Å². The Kier molecular flexibility index (Phi) is 1.83. The summed E-state index contributed by atoms with van der Waals surface area (Å²) in [7, 11) is 2.15. The predicted octanol–water partition coefficient (Wildman–Crippen LogP) is 0.215. The normalized spacial score (nSPS) is 40.3. The average molecular weight is 168 g/mol. The highest BCUT2D eigenvalue weighted by molar-refractivity contribution is 5.73. The van der Waals surface area contributed by atoms with Crippen LogP contribution in [0.25, 0.3) is 0 Å². The Labute approximate surface area is 73.1 Å². The molecule has 2 bridgehead atoms. The average Bonchev–Trinajstić information content (AvgIpc) is 2.43. The summed E-state index contributed by atoms with van der Waals surface area (Å²) in [5, 5.41) is 3.02. The molecule has 1 N–H and O–H groups in total. The standard InChI is InChI=1S/C9H16N2O/c1-6(12)10-8-3-7-4-9(8)11(2)5-7/h7-9H,3-5H2,1-2H3,(H,10,12)/t7-,8?,9-/m0/s1. The SMILES string of the molecule is CC(=O)NC1C[C@H]2C[C@@H]1N(C)C2. The number of nitrogens with zero attached hydrogens (tertiary/aromatic N) is 1. The molecule has 1 amide bonds. The van der Waals surface area contributed by atoms with Crippen LogP contribution >= 0.6 is 0 Å². The monoisotopic (exact) mass is 168 g/mol. The lowest BCUT2D eigenvalue weighted by molar-refractivity contribution is -0.120. The first kappa shape index (κ1) is 8.05. The van der Waals surface area contributed by atoms with Crippen molar-refractivity contribution in [1.82, 2.24) is 10.2 Å². The summed E-state index contributed by atoms with van der Waals surface area (Å²) in [5.74, 6) is 0.942. The molecular weight excluding hydrogens is 152 g/mol. The van der Waals surface area contributed by atoms with Crippen molar-refractivity contribution in [2.75, 3.05) is 13.6 Å². The maximum Gasteiger partial charge on any atom is 0.217 e. The van der Waals surface area contributed by atoms with Gasteiger partial charge in [0.25, 0.3) is 0 Å². The Morgan fingerprint density at radius 1 is 1.50 bits per heavy atom. The Hall–Kier alpha value is -0.570. The lowest BCUT2D eigenvalue weighted by atomic mass is 10.1. The fourth-order valence-corrected chi connectivity index (χ4v) is 2.71. The first-order valence-electron chi connectivity index (χ1n) is 4.64. The molecule has 2 fully saturated rings. The third-order valence-electron chi connectivity index (χ3n) is 3.13. The van der Waals surface area contributed by atoms with Crippen molar-refractivity contribution >= 4 is 5.91 Å². The molecule has 1 saturated heterocycles. The molecule has 1 unspecified atom stereocenters. The number of rotatable bonds is 1. The number of hydrogen-bond donors (Lipinski definition) is 1. The summed E-state index contributed by atoms with van der Waals surface area (Å²) < 4.78 is 0. The highest BCUT2D eigenvalue weighted by Crippen LogP contribution is 2.36. The van der Waals surface area contributed by atoms with Crippen LogP contribution in [0, 0.1) is 5.92 Å². The van der Waals surface area contributed by atoms with Crippen molar-refractivity contribution in [3.05, 3.63) is 0 Å². The Morgan fingerprint density at radius 2 is 2.25 bits per heavy atom. The third kappa shape index (κ3) is 1.22. The Bertz CT molecular complexity index is 205. The van der Waals surface area contributed by atoms with Crippen molar-refractivity contribution in [1.29, 1.82) is 0 Å². The molecule has 3 nitrogen and oxygen atoms in total. The molecule has 0 aromatic rings. The third-order valence-corrected chi connectivity index (χ3v) is 3.13. The van der Waals surface area contributed by atoms with Crippen LogP contribution in [0.2, 0.25) is 0 Å². The summed E-state index contributed by atoms with van der Waals surface area (Å²) in [6, 6.07) is 1.03.